The number of sulfonamides is 1. The standard InChI is InChI=1S/C19H21ClN2O4S/c1-15(26-17-7-5-6-16(20)14-17)19(23)21-10-12-22(13-11-21)27(24,25)18-8-3-2-4-9-18/h2-9,14-15H,10-13H2,1H3/t15-/m0/s1. The van der Waals surface area contributed by atoms with Crippen LogP contribution in [0.1, 0.15) is 6.92 Å². The van der Waals surface area contributed by atoms with Crippen LogP contribution in [0, 0.1) is 0 Å². The van der Waals surface area contributed by atoms with Gasteiger partial charge in [-0.15, -0.1) is 0 Å². The van der Waals surface area contributed by atoms with Crippen LogP contribution in [0.5, 0.6) is 5.75 Å². The van der Waals surface area contributed by atoms with Crippen molar-refractivity contribution < 1.29 is 17.9 Å². The minimum Gasteiger partial charge on any atom is -0.481 e. The zero-order valence-corrected chi connectivity index (χ0v) is 16.5. The third-order valence-electron chi connectivity index (χ3n) is 4.39. The van der Waals surface area contributed by atoms with E-state index < -0.39 is 16.1 Å². The second kappa shape index (κ2) is 8.29. The number of halogens is 1. The Labute approximate surface area is 164 Å². The van der Waals surface area contributed by atoms with Gasteiger partial charge in [0.15, 0.2) is 6.10 Å². The Bertz CT molecular complexity index is 897. The second-order valence-corrected chi connectivity index (χ2v) is 8.63. The highest BCUT2D eigenvalue weighted by molar-refractivity contribution is 7.89. The highest BCUT2D eigenvalue weighted by Crippen LogP contribution is 2.20. The summed E-state index contributed by atoms with van der Waals surface area (Å²) >= 11 is 5.93. The molecular formula is C19H21ClN2O4S. The number of nitrogens with zero attached hydrogens (tertiary/aromatic N) is 2. The zero-order valence-electron chi connectivity index (χ0n) is 14.9. The summed E-state index contributed by atoms with van der Waals surface area (Å²) in [6, 6.07) is 15.2. The molecule has 1 atom stereocenters. The van der Waals surface area contributed by atoms with E-state index in [2.05, 4.69) is 0 Å². The topological polar surface area (TPSA) is 66.9 Å². The van der Waals surface area contributed by atoms with Crippen LogP contribution < -0.4 is 4.74 Å². The molecule has 1 fully saturated rings. The maximum atomic E-state index is 12.7. The predicted octanol–water partition coefficient (Wildman–Crippen LogP) is 2.64. The first-order valence-electron chi connectivity index (χ1n) is 8.64. The summed E-state index contributed by atoms with van der Waals surface area (Å²) < 4.78 is 32.4. The molecule has 0 aliphatic carbocycles. The summed E-state index contributed by atoms with van der Waals surface area (Å²) in [6.45, 7) is 2.85. The first kappa shape index (κ1) is 19.7. The maximum absolute atomic E-state index is 12.7. The lowest BCUT2D eigenvalue weighted by Crippen LogP contribution is -2.53. The number of amides is 1. The van der Waals surface area contributed by atoms with E-state index in [4.69, 9.17) is 16.3 Å². The quantitative estimate of drug-likeness (QED) is 0.762. The highest BCUT2D eigenvalue weighted by atomic mass is 35.5. The minimum absolute atomic E-state index is 0.174. The molecule has 144 valence electrons. The molecule has 6 nitrogen and oxygen atoms in total. The van der Waals surface area contributed by atoms with Gasteiger partial charge in [-0.2, -0.15) is 4.31 Å². The van der Waals surface area contributed by atoms with Crippen LogP contribution in [-0.4, -0.2) is 55.8 Å². The number of piperazine rings is 1. The van der Waals surface area contributed by atoms with Crippen molar-refractivity contribution in [3.63, 3.8) is 0 Å². The number of ether oxygens (including phenoxy) is 1. The molecule has 1 aliphatic rings. The molecule has 1 aliphatic heterocycles. The van der Waals surface area contributed by atoms with Crippen molar-refractivity contribution in [2.24, 2.45) is 0 Å². The van der Waals surface area contributed by atoms with Crippen LogP contribution in [-0.2, 0) is 14.8 Å². The number of rotatable bonds is 5. The number of carbonyl (C=O) groups excluding carboxylic acids is 1. The number of hydrogen-bond donors (Lipinski definition) is 0. The fourth-order valence-corrected chi connectivity index (χ4v) is 4.57. The summed E-state index contributed by atoms with van der Waals surface area (Å²) in [5.41, 5.74) is 0. The third-order valence-corrected chi connectivity index (χ3v) is 6.54. The van der Waals surface area contributed by atoms with Crippen molar-refractivity contribution in [3.8, 4) is 5.75 Å². The molecule has 0 bridgehead atoms. The van der Waals surface area contributed by atoms with Gasteiger partial charge >= 0.3 is 0 Å². The van der Waals surface area contributed by atoms with Gasteiger partial charge in [-0.05, 0) is 37.3 Å². The van der Waals surface area contributed by atoms with Gasteiger partial charge in [0, 0.05) is 31.2 Å². The monoisotopic (exact) mass is 408 g/mol. The van der Waals surface area contributed by atoms with E-state index >= 15 is 0 Å². The van der Waals surface area contributed by atoms with Crippen molar-refractivity contribution in [2.45, 2.75) is 17.9 Å². The van der Waals surface area contributed by atoms with Gasteiger partial charge in [-0.25, -0.2) is 8.42 Å². The Morgan fingerprint density at radius 3 is 2.33 bits per heavy atom. The molecule has 8 heteroatoms. The lowest BCUT2D eigenvalue weighted by molar-refractivity contribution is -0.139. The summed E-state index contributed by atoms with van der Waals surface area (Å²) in [6.07, 6.45) is -0.680. The highest BCUT2D eigenvalue weighted by Gasteiger charge is 2.31. The summed E-state index contributed by atoms with van der Waals surface area (Å²) in [7, 11) is -3.54. The average molecular weight is 409 g/mol. The fourth-order valence-electron chi connectivity index (χ4n) is 2.94. The van der Waals surface area contributed by atoms with Gasteiger partial charge in [0.25, 0.3) is 5.91 Å². The lowest BCUT2D eigenvalue weighted by atomic mass is 10.2. The third kappa shape index (κ3) is 4.61. The fraction of sp³-hybridized carbons (Fsp3) is 0.316. The average Bonchev–Trinajstić information content (AvgIpc) is 2.68. The van der Waals surface area contributed by atoms with E-state index in [1.165, 1.54) is 4.31 Å². The van der Waals surface area contributed by atoms with Gasteiger partial charge in [-0.1, -0.05) is 35.9 Å². The van der Waals surface area contributed by atoms with Crippen molar-refractivity contribution >= 4 is 27.5 Å². The van der Waals surface area contributed by atoms with Crippen LogP contribution in [0.3, 0.4) is 0 Å². The molecule has 0 aromatic heterocycles. The Morgan fingerprint density at radius 1 is 1.04 bits per heavy atom. The molecule has 1 amide bonds. The molecule has 2 aromatic rings. The van der Waals surface area contributed by atoms with Crippen molar-refractivity contribution in [1.29, 1.82) is 0 Å². The smallest absolute Gasteiger partial charge is 0.263 e. The number of benzene rings is 2. The number of hydrogen-bond acceptors (Lipinski definition) is 4. The molecule has 27 heavy (non-hydrogen) atoms. The molecule has 0 N–H and O–H groups in total. The summed E-state index contributed by atoms with van der Waals surface area (Å²) in [4.78, 5) is 14.5. The normalized spacial score (nSPS) is 16.7. The minimum atomic E-state index is -3.54. The van der Waals surface area contributed by atoms with Gasteiger partial charge in [0.05, 0.1) is 4.90 Å². The zero-order chi connectivity index (χ0) is 19.4. The number of carbonyl (C=O) groups is 1. The first-order chi connectivity index (χ1) is 12.9. The van der Waals surface area contributed by atoms with E-state index in [1.54, 1.807) is 66.4 Å². The Hall–Kier alpha value is -2.09. The molecule has 0 unspecified atom stereocenters. The van der Waals surface area contributed by atoms with Gasteiger partial charge in [0.1, 0.15) is 5.75 Å². The largest absolute Gasteiger partial charge is 0.481 e. The molecule has 0 spiro atoms. The molecular weight excluding hydrogens is 388 g/mol. The van der Waals surface area contributed by atoms with Crippen LogP contribution in [0.4, 0.5) is 0 Å². The summed E-state index contributed by atoms with van der Waals surface area (Å²) in [5, 5.41) is 0.534. The van der Waals surface area contributed by atoms with Gasteiger partial charge < -0.3 is 9.64 Å². The molecule has 2 aromatic carbocycles. The van der Waals surface area contributed by atoms with E-state index in [1.807, 2.05) is 0 Å². The van der Waals surface area contributed by atoms with Crippen molar-refractivity contribution in [2.75, 3.05) is 26.2 Å². The van der Waals surface area contributed by atoms with Gasteiger partial charge in [-0.3, -0.25) is 4.79 Å². The van der Waals surface area contributed by atoms with E-state index in [0.29, 0.717) is 23.9 Å². The van der Waals surface area contributed by atoms with Crippen molar-refractivity contribution in [3.05, 3.63) is 59.6 Å². The second-order valence-electron chi connectivity index (χ2n) is 6.26. The van der Waals surface area contributed by atoms with E-state index in [0.717, 1.165) is 0 Å². The summed E-state index contributed by atoms with van der Waals surface area (Å²) in [5.74, 6) is 0.348. The lowest BCUT2D eigenvalue weighted by Gasteiger charge is -2.35. The van der Waals surface area contributed by atoms with Gasteiger partial charge in [0.2, 0.25) is 10.0 Å². The van der Waals surface area contributed by atoms with E-state index in [9.17, 15) is 13.2 Å². The SMILES string of the molecule is C[C@H](Oc1cccc(Cl)c1)C(=O)N1CCN(S(=O)(=O)c2ccccc2)CC1. The van der Waals surface area contributed by atoms with Crippen LogP contribution in [0.25, 0.3) is 0 Å². The van der Waals surface area contributed by atoms with Crippen LogP contribution in [0.2, 0.25) is 5.02 Å². The molecule has 1 saturated heterocycles. The maximum Gasteiger partial charge on any atom is 0.263 e. The van der Waals surface area contributed by atoms with Crippen molar-refractivity contribution in [1.82, 2.24) is 9.21 Å². The van der Waals surface area contributed by atoms with Crippen LogP contribution >= 0.6 is 11.6 Å². The Kier molecular flexibility index (Phi) is 6.04. The molecule has 0 saturated carbocycles. The van der Waals surface area contributed by atoms with E-state index in [-0.39, 0.29) is 23.9 Å². The first-order valence-corrected chi connectivity index (χ1v) is 10.5. The Morgan fingerprint density at radius 2 is 1.70 bits per heavy atom. The molecule has 1 heterocycles. The molecule has 0 radical (unpaired) electrons. The van der Waals surface area contributed by atoms with Crippen LogP contribution in [0.15, 0.2) is 59.5 Å². The predicted molar refractivity (Wildman–Crippen MR) is 103 cm³/mol. The Balaban J connectivity index is 1.59. The molecule has 3 rings (SSSR count).